The van der Waals surface area contributed by atoms with Gasteiger partial charge in [-0.25, -0.2) is 13.6 Å². The Morgan fingerprint density at radius 2 is 2.06 bits per heavy atom. The zero-order valence-corrected chi connectivity index (χ0v) is 9.13. The van der Waals surface area contributed by atoms with Crippen molar-refractivity contribution >= 4 is 11.7 Å². The van der Waals surface area contributed by atoms with E-state index in [-0.39, 0.29) is 0 Å². The highest BCUT2D eigenvalue weighted by atomic mass is 19.1. The maximum atomic E-state index is 13.5. The lowest BCUT2D eigenvalue weighted by molar-refractivity contribution is 0.0696. The van der Waals surface area contributed by atoms with Crippen LogP contribution in [0.1, 0.15) is 23.7 Å². The van der Waals surface area contributed by atoms with E-state index in [1.54, 1.807) is 6.92 Å². The molecule has 1 rings (SSSR count). The summed E-state index contributed by atoms with van der Waals surface area (Å²) >= 11 is 0. The molecule has 5 heteroatoms. The van der Waals surface area contributed by atoms with Gasteiger partial charge >= 0.3 is 5.97 Å². The lowest BCUT2D eigenvalue weighted by atomic mass is 10.1. The Balaban J connectivity index is 3.10. The van der Waals surface area contributed by atoms with E-state index in [1.807, 2.05) is 0 Å². The number of carbonyl (C=O) groups is 1. The van der Waals surface area contributed by atoms with E-state index < -0.39 is 34.9 Å². The Labute approximate surface area is 97.5 Å². The number of nitrogens with one attached hydrogen (secondary N) is 1. The smallest absolute Gasteiger partial charge is 0.335 e. The molecule has 1 aromatic carbocycles. The van der Waals surface area contributed by atoms with Gasteiger partial charge in [-0.15, -0.1) is 6.42 Å². The molecule has 0 saturated heterocycles. The van der Waals surface area contributed by atoms with Crippen molar-refractivity contribution in [1.29, 1.82) is 0 Å². The number of anilines is 1. The number of rotatable bonds is 4. The molecule has 0 bridgehead atoms. The SMILES string of the molecule is C#CC(CC)Nc1c(F)cc(C(=O)O)cc1F. The quantitative estimate of drug-likeness (QED) is 0.793. The van der Waals surface area contributed by atoms with Gasteiger partial charge in [-0.2, -0.15) is 0 Å². The van der Waals surface area contributed by atoms with Crippen LogP contribution in [0, 0.1) is 24.0 Å². The first kappa shape index (κ1) is 13.0. The van der Waals surface area contributed by atoms with Crippen molar-refractivity contribution in [2.75, 3.05) is 5.32 Å². The molecule has 17 heavy (non-hydrogen) atoms. The fourth-order valence-corrected chi connectivity index (χ4v) is 1.27. The number of terminal acetylenes is 1. The van der Waals surface area contributed by atoms with E-state index in [0.29, 0.717) is 6.42 Å². The Hall–Kier alpha value is -2.09. The Morgan fingerprint density at radius 3 is 2.41 bits per heavy atom. The fraction of sp³-hybridized carbons (Fsp3) is 0.250. The van der Waals surface area contributed by atoms with Gasteiger partial charge in [0.1, 0.15) is 17.3 Å². The maximum absolute atomic E-state index is 13.5. The highest BCUT2D eigenvalue weighted by molar-refractivity contribution is 5.88. The molecule has 2 N–H and O–H groups in total. The average Bonchev–Trinajstić information content (AvgIpc) is 2.28. The van der Waals surface area contributed by atoms with E-state index in [0.717, 1.165) is 12.1 Å². The summed E-state index contributed by atoms with van der Waals surface area (Å²) in [6, 6.07) is 0.989. The number of carboxylic acid groups (broad SMARTS) is 1. The molecular weight excluding hydrogens is 228 g/mol. The second kappa shape index (κ2) is 5.30. The minimum Gasteiger partial charge on any atom is -0.478 e. The lowest BCUT2D eigenvalue weighted by Crippen LogP contribution is -2.18. The molecule has 0 aliphatic rings. The molecular formula is C12H11F2NO2. The molecule has 0 aromatic heterocycles. The molecule has 0 amide bonds. The number of aromatic carboxylic acids is 1. The minimum absolute atomic E-state index is 0.403. The summed E-state index contributed by atoms with van der Waals surface area (Å²) in [7, 11) is 0. The topological polar surface area (TPSA) is 49.3 Å². The van der Waals surface area contributed by atoms with E-state index >= 15 is 0 Å². The van der Waals surface area contributed by atoms with Gasteiger partial charge in [0.2, 0.25) is 0 Å². The van der Waals surface area contributed by atoms with Gasteiger partial charge in [-0.1, -0.05) is 12.8 Å². The van der Waals surface area contributed by atoms with Gasteiger partial charge in [-0.05, 0) is 18.6 Å². The van der Waals surface area contributed by atoms with Crippen molar-refractivity contribution in [3.05, 3.63) is 29.3 Å². The third-order valence-electron chi connectivity index (χ3n) is 2.22. The summed E-state index contributed by atoms with van der Waals surface area (Å²) in [6.07, 6.45) is 5.65. The van der Waals surface area contributed by atoms with Crippen LogP contribution in [0.15, 0.2) is 12.1 Å². The Morgan fingerprint density at radius 1 is 1.53 bits per heavy atom. The zero-order chi connectivity index (χ0) is 13.0. The van der Waals surface area contributed by atoms with Gasteiger partial charge in [0, 0.05) is 0 Å². The molecule has 0 heterocycles. The van der Waals surface area contributed by atoms with Crippen LogP contribution in [-0.4, -0.2) is 17.1 Å². The molecule has 3 nitrogen and oxygen atoms in total. The standard InChI is InChI=1S/C12H11F2NO2/c1-3-8(4-2)15-11-9(13)5-7(12(16)17)6-10(11)14/h1,5-6,8,15H,4H2,2H3,(H,16,17). The molecule has 1 aromatic rings. The van der Waals surface area contributed by atoms with Crippen LogP contribution in [0.25, 0.3) is 0 Å². The Kier molecular flexibility index (Phi) is 4.05. The van der Waals surface area contributed by atoms with Crippen molar-refractivity contribution in [2.24, 2.45) is 0 Å². The summed E-state index contributed by atoms with van der Waals surface area (Å²) in [5.41, 5.74) is -0.848. The monoisotopic (exact) mass is 239 g/mol. The normalized spacial score (nSPS) is 11.6. The summed E-state index contributed by atoms with van der Waals surface area (Å²) in [6.45, 7) is 1.76. The summed E-state index contributed by atoms with van der Waals surface area (Å²) < 4.78 is 26.9. The van der Waals surface area contributed by atoms with Crippen molar-refractivity contribution < 1.29 is 18.7 Å². The van der Waals surface area contributed by atoms with Crippen molar-refractivity contribution in [3.8, 4) is 12.3 Å². The second-order valence-corrected chi connectivity index (χ2v) is 3.39. The number of benzene rings is 1. The number of carboxylic acids is 1. The molecule has 0 aliphatic carbocycles. The van der Waals surface area contributed by atoms with Crippen molar-refractivity contribution in [1.82, 2.24) is 0 Å². The zero-order valence-electron chi connectivity index (χ0n) is 9.13. The largest absolute Gasteiger partial charge is 0.478 e. The number of hydrogen-bond acceptors (Lipinski definition) is 2. The first-order valence-electron chi connectivity index (χ1n) is 4.94. The Bertz CT molecular complexity index is 457. The lowest BCUT2D eigenvalue weighted by Gasteiger charge is -2.14. The van der Waals surface area contributed by atoms with E-state index in [2.05, 4.69) is 11.2 Å². The van der Waals surface area contributed by atoms with Crippen LogP contribution in [0.5, 0.6) is 0 Å². The van der Waals surface area contributed by atoms with Crippen LogP contribution in [0.3, 0.4) is 0 Å². The highest BCUT2D eigenvalue weighted by Crippen LogP contribution is 2.22. The molecule has 0 fully saturated rings. The summed E-state index contributed by atoms with van der Waals surface area (Å²) in [5, 5.41) is 11.1. The van der Waals surface area contributed by atoms with Crippen LogP contribution >= 0.6 is 0 Å². The summed E-state index contributed by atoms with van der Waals surface area (Å²) in [5.74, 6) is -1.01. The van der Waals surface area contributed by atoms with E-state index in [4.69, 9.17) is 11.5 Å². The minimum atomic E-state index is -1.39. The average molecular weight is 239 g/mol. The summed E-state index contributed by atoms with van der Waals surface area (Å²) in [4.78, 5) is 10.6. The predicted octanol–water partition coefficient (Wildman–Crippen LogP) is 2.49. The van der Waals surface area contributed by atoms with Gasteiger partial charge < -0.3 is 10.4 Å². The first-order valence-corrected chi connectivity index (χ1v) is 4.94. The molecule has 1 atom stereocenters. The van der Waals surface area contributed by atoms with Gasteiger partial charge in [0.05, 0.1) is 11.6 Å². The number of halogens is 2. The van der Waals surface area contributed by atoms with Crippen LogP contribution in [0.2, 0.25) is 0 Å². The highest BCUT2D eigenvalue weighted by Gasteiger charge is 2.16. The second-order valence-electron chi connectivity index (χ2n) is 3.39. The van der Waals surface area contributed by atoms with E-state index in [9.17, 15) is 13.6 Å². The maximum Gasteiger partial charge on any atom is 0.335 e. The van der Waals surface area contributed by atoms with E-state index in [1.165, 1.54) is 0 Å². The predicted molar refractivity (Wildman–Crippen MR) is 59.9 cm³/mol. The third kappa shape index (κ3) is 2.94. The number of hydrogen-bond donors (Lipinski definition) is 2. The first-order chi connectivity index (χ1) is 7.99. The molecule has 0 radical (unpaired) electrons. The van der Waals surface area contributed by atoms with Crippen LogP contribution in [-0.2, 0) is 0 Å². The molecule has 0 spiro atoms. The van der Waals surface area contributed by atoms with Crippen molar-refractivity contribution in [3.63, 3.8) is 0 Å². The fourth-order valence-electron chi connectivity index (χ4n) is 1.27. The molecule has 0 aliphatic heterocycles. The van der Waals surface area contributed by atoms with Crippen LogP contribution < -0.4 is 5.32 Å². The van der Waals surface area contributed by atoms with Gasteiger partial charge in [0.15, 0.2) is 0 Å². The van der Waals surface area contributed by atoms with Crippen LogP contribution in [0.4, 0.5) is 14.5 Å². The molecule has 0 saturated carbocycles. The third-order valence-corrected chi connectivity index (χ3v) is 2.22. The molecule has 1 unspecified atom stereocenters. The van der Waals surface area contributed by atoms with Gasteiger partial charge in [-0.3, -0.25) is 0 Å². The van der Waals surface area contributed by atoms with Crippen molar-refractivity contribution in [2.45, 2.75) is 19.4 Å². The molecule has 90 valence electrons. The van der Waals surface area contributed by atoms with Gasteiger partial charge in [0.25, 0.3) is 0 Å².